The molecule has 0 spiro atoms. The van der Waals surface area contributed by atoms with E-state index in [9.17, 15) is 93.3 Å². The number of amides is 12. The number of hydrogen-bond donors (Lipinski definition) is 20. The first-order chi connectivity index (χ1) is 45.5. The van der Waals surface area contributed by atoms with Crippen molar-refractivity contribution < 1.29 is 103 Å². The maximum absolute atomic E-state index is 15.0. The van der Waals surface area contributed by atoms with Crippen molar-refractivity contribution in [3.8, 4) is 17.0 Å². The summed E-state index contributed by atoms with van der Waals surface area (Å²) < 4.78 is 11.1. The lowest BCUT2D eigenvalue weighted by atomic mass is 9.97. The number of fused-ring (bicyclic) bond motifs is 2. The Morgan fingerprint density at radius 2 is 1.52 bits per heavy atom. The Balaban J connectivity index is 1.64. The molecule has 12 amide bonds. The molecule has 22 N–H and O–H groups in total. The Kier molecular flexibility index (Phi) is 29.7. The topological polar surface area (TPSA) is 566 Å². The van der Waals surface area contributed by atoms with Crippen LogP contribution in [0.4, 0.5) is 0 Å². The van der Waals surface area contributed by atoms with Crippen molar-refractivity contribution in [2.45, 2.75) is 190 Å². The van der Waals surface area contributed by atoms with Gasteiger partial charge in [0, 0.05) is 30.5 Å². The van der Waals surface area contributed by atoms with Crippen LogP contribution < -0.4 is 64.6 Å². The third-order valence-electron chi connectivity index (χ3n) is 15.4. The van der Waals surface area contributed by atoms with Gasteiger partial charge in [-0.3, -0.25) is 57.5 Å². The quantitative estimate of drug-likeness (QED) is 0.0314. The number of phenolic OH excluding ortho intramolecular Hbond substituents is 1. The lowest BCUT2D eigenvalue weighted by Crippen LogP contribution is -2.64. The van der Waals surface area contributed by atoms with Gasteiger partial charge < -0.3 is 115 Å². The molecule has 4 heterocycles. The van der Waals surface area contributed by atoms with Crippen LogP contribution in [0.3, 0.4) is 0 Å². The van der Waals surface area contributed by atoms with Crippen molar-refractivity contribution in [3.05, 3.63) is 83.6 Å². The van der Waals surface area contributed by atoms with Gasteiger partial charge in [0.1, 0.15) is 77.8 Å². The first kappa shape index (κ1) is 77.2. The van der Waals surface area contributed by atoms with Gasteiger partial charge in [-0.25, -0.2) is 4.98 Å². The van der Waals surface area contributed by atoms with Crippen molar-refractivity contribution in [1.29, 1.82) is 0 Å². The molecule has 96 heavy (non-hydrogen) atoms. The van der Waals surface area contributed by atoms with Crippen LogP contribution in [-0.4, -0.2) is 221 Å². The van der Waals surface area contributed by atoms with E-state index in [4.69, 9.17) is 20.9 Å². The monoisotopic (exact) mass is 1350 g/mol. The highest BCUT2D eigenvalue weighted by molar-refractivity contribution is 6.04. The fourth-order valence-corrected chi connectivity index (χ4v) is 10.1. The van der Waals surface area contributed by atoms with E-state index in [0.29, 0.717) is 6.42 Å². The zero-order valence-electron chi connectivity index (χ0n) is 53.4. The van der Waals surface area contributed by atoms with E-state index in [2.05, 4.69) is 70.1 Å². The first-order valence-corrected chi connectivity index (χ1v) is 30.9. The lowest BCUT2D eigenvalue weighted by Gasteiger charge is -2.36. The molecule has 0 saturated carbocycles. The number of H-pyrrole nitrogens is 1. The summed E-state index contributed by atoms with van der Waals surface area (Å²) in [6.45, 7) is 5.22. The van der Waals surface area contributed by atoms with E-state index in [-0.39, 0.29) is 22.5 Å². The van der Waals surface area contributed by atoms with Crippen LogP contribution in [0.15, 0.2) is 72.4 Å². The number of carbonyl (C=O) groups is 12. The standard InChI is InChI=1S/C61H86N14O21/c1-6-9-10-11-12-13-14-15-16-41(96-61-51(85)49(83)40(79)26-95-61)50(84)60(94)70-33(8-3)52(86)73-45-28(4)67-55(89)37-23-35-47(66-27-65-35)31-21-30(17-19-38(31)77)22-36(72-59(93)46(29(5)76)74-58(45)92)56(90)69-32(7-2)53(87)75-48(39(78)24-43(63)81)57(91)64-25-44(82)68-34(54(88)71-37)18-20-42(62)80/h7-8,13-17,19,21,27-29,34,36-37,39-41,45-46,48-51,61,76-79,83-85H,6,9-12,18,20,22-26H2,1-5H3,(H2,62,80)(H2,63,81)(H,64,91)(H,65,66)(H,67,89)(H,68,82)(H,69,90)(H,70,94)(H,71,88)(H,72,93)(H,73,86)(H,74,92)(H,75,87)/b14-13+,16-15+,32-7+,33-8+/t28-,29-,34-,36+,37+,39+,40-,41-,45+,46-,48-,49+,50+,51+,61-/m1/s1. The van der Waals surface area contributed by atoms with Gasteiger partial charge in [0.05, 0.1) is 49.8 Å². The zero-order valence-corrected chi connectivity index (χ0v) is 53.4. The van der Waals surface area contributed by atoms with Gasteiger partial charge in [0.2, 0.25) is 53.2 Å². The number of unbranched alkanes of at least 4 members (excludes halogenated alkanes) is 4. The molecule has 3 aliphatic heterocycles. The van der Waals surface area contributed by atoms with Crippen molar-refractivity contribution >= 4 is 70.9 Å². The van der Waals surface area contributed by atoms with Crippen LogP contribution in [-0.2, 0) is 79.8 Å². The summed E-state index contributed by atoms with van der Waals surface area (Å²) in [6, 6.07) is -9.64. The molecule has 1 aromatic heterocycles. The van der Waals surface area contributed by atoms with E-state index >= 15 is 0 Å². The second-order valence-electron chi connectivity index (χ2n) is 23.0. The van der Waals surface area contributed by atoms with Gasteiger partial charge in [-0.15, -0.1) is 0 Å². The van der Waals surface area contributed by atoms with E-state index in [1.165, 1.54) is 44.2 Å². The number of allylic oxidation sites excluding steroid dienone is 5. The molecule has 3 aliphatic rings. The van der Waals surface area contributed by atoms with Gasteiger partial charge in [0.25, 0.3) is 17.7 Å². The molecule has 35 nitrogen and oxygen atoms in total. The zero-order chi connectivity index (χ0) is 71.1. The molecule has 0 unspecified atom stereocenters. The van der Waals surface area contributed by atoms with Crippen LogP contribution in [0.5, 0.6) is 5.75 Å². The number of nitrogens with two attached hydrogens (primary N) is 2. The summed E-state index contributed by atoms with van der Waals surface area (Å²) in [4.78, 5) is 175. The highest BCUT2D eigenvalue weighted by Gasteiger charge is 2.43. The SMILES string of the molecule is C/C=C1/NC(=O)[C@@H]2Cc3ccc(O)c(c3)-c3nc[nH]c3C[C@H](NC(=O)[C@@H](CCC(N)=O)NC(=O)CNC(=O)[C@@H]([C@@H](O)CC(N)=O)NC1=O)C(=O)N[C@H](C)[C@H](NC(=O)/C(=C\C)NC(=O)[C@@H](O)[C@@H](/C=C/C=C/CCCCCC)O[C@H]1OC[C@@H](O)[C@H](O)[C@@H]1O)C(=O)N[C@H]([C@@H](C)O)C(=O)N2. The molecule has 1 fully saturated rings. The van der Waals surface area contributed by atoms with Crippen LogP contribution in [0.2, 0.25) is 0 Å². The number of carbonyl (C=O) groups excluding carboxylic acids is 12. The van der Waals surface area contributed by atoms with E-state index < -0.39 is 225 Å². The number of aromatic hydroxyl groups is 1. The molecular weight excluding hydrogens is 1260 g/mol. The van der Waals surface area contributed by atoms with Crippen LogP contribution >= 0.6 is 0 Å². The Bertz CT molecular complexity index is 3280. The molecule has 1 aromatic carbocycles. The summed E-state index contributed by atoms with van der Waals surface area (Å²) in [5, 5.41) is 99.6. The molecule has 526 valence electrons. The van der Waals surface area contributed by atoms with E-state index in [0.717, 1.165) is 58.0 Å². The maximum Gasteiger partial charge on any atom is 0.268 e. The van der Waals surface area contributed by atoms with Crippen LogP contribution in [0.25, 0.3) is 11.3 Å². The lowest BCUT2D eigenvalue weighted by molar-refractivity contribution is -0.283. The van der Waals surface area contributed by atoms with Crippen LogP contribution in [0.1, 0.15) is 97.2 Å². The number of nitrogens with zero attached hydrogens (tertiary/aromatic N) is 1. The van der Waals surface area contributed by atoms with Crippen molar-refractivity contribution in [3.63, 3.8) is 0 Å². The predicted octanol–water partition coefficient (Wildman–Crippen LogP) is -6.39. The second kappa shape index (κ2) is 37.0. The number of primary amides is 2. The Morgan fingerprint density at radius 1 is 0.812 bits per heavy atom. The highest BCUT2D eigenvalue weighted by Crippen LogP contribution is 2.32. The van der Waals surface area contributed by atoms with Gasteiger partial charge in [-0.1, -0.05) is 68.7 Å². The number of aromatic amines is 1. The number of phenols is 1. The number of aliphatic hydroxyl groups is 6. The highest BCUT2D eigenvalue weighted by atomic mass is 16.7. The predicted molar refractivity (Wildman–Crippen MR) is 335 cm³/mol. The number of imidazole rings is 1. The number of benzene rings is 1. The first-order valence-electron chi connectivity index (χ1n) is 30.9. The average molecular weight is 1350 g/mol. The number of aliphatic hydroxyl groups excluding tert-OH is 6. The largest absolute Gasteiger partial charge is 0.507 e. The number of aromatic nitrogens is 2. The third kappa shape index (κ3) is 22.3. The summed E-state index contributed by atoms with van der Waals surface area (Å²) >= 11 is 0. The summed E-state index contributed by atoms with van der Waals surface area (Å²) in [5.74, 6) is -15.2. The Hall–Kier alpha value is -9.49. The molecule has 15 atom stereocenters. The molecule has 2 aromatic rings. The molecule has 0 aliphatic carbocycles. The number of ether oxygens (including phenoxy) is 2. The third-order valence-corrected chi connectivity index (χ3v) is 15.4. The van der Waals surface area contributed by atoms with Crippen molar-refractivity contribution in [1.82, 2.24) is 63.1 Å². The fraction of sp³-hybridized carbons (Fsp3) is 0.525. The average Bonchev–Trinajstić information content (AvgIpc) is 1.42. The number of hydrogen-bond acceptors (Lipinski definition) is 22. The molecule has 5 rings (SSSR count). The van der Waals surface area contributed by atoms with E-state index in [1.54, 1.807) is 6.08 Å². The normalized spacial score (nSPS) is 26.5. The molecule has 35 heteroatoms. The van der Waals surface area contributed by atoms with Gasteiger partial charge in [-0.2, -0.15) is 0 Å². The fourth-order valence-electron chi connectivity index (χ4n) is 10.1. The number of rotatable bonds is 21. The minimum absolute atomic E-state index is 0.00386. The minimum atomic E-state index is -2.25. The molecule has 0 radical (unpaired) electrons. The van der Waals surface area contributed by atoms with Crippen molar-refractivity contribution in [2.24, 2.45) is 11.5 Å². The minimum Gasteiger partial charge on any atom is -0.507 e. The Morgan fingerprint density at radius 3 is 2.19 bits per heavy atom. The van der Waals surface area contributed by atoms with Gasteiger partial charge in [-0.05, 0) is 64.7 Å². The molecule has 4 bridgehead atoms. The van der Waals surface area contributed by atoms with Crippen molar-refractivity contribution in [2.75, 3.05) is 13.2 Å². The van der Waals surface area contributed by atoms with Crippen LogP contribution in [0, 0.1) is 0 Å². The molecule has 1 saturated heterocycles. The summed E-state index contributed by atoms with van der Waals surface area (Å²) in [7, 11) is 0. The van der Waals surface area contributed by atoms with Gasteiger partial charge in [0.15, 0.2) is 12.4 Å². The summed E-state index contributed by atoms with van der Waals surface area (Å²) in [6.07, 6.45) is -4.22. The smallest absolute Gasteiger partial charge is 0.268 e. The molecular formula is C61H86N14O21. The number of nitrogens with one attached hydrogen (secondary N) is 11. The maximum atomic E-state index is 15.0. The second-order valence-corrected chi connectivity index (χ2v) is 23.0. The van der Waals surface area contributed by atoms with E-state index in [1.807, 2.05) is 6.08 Å². The van der Waals surface area contributed by atoms with Gasteiger partial charge >= 0.3 is 0 Å². The summed E-state index contributed by atoms with van der Waals surface area (Å²) in [5.41, 5.74) is 9.40. The Labute approximate surface area is 550 Å².